The van der Waals surface area contributed by atoms with Crippen LogP contribution in [0.3, 0.4) is 0 Å². The predicted octanol–water partition coefficient (Wildman–Crippen LogP) is 4.88. The van der Waals surface area contributed by atoms with Gasteiger partial charge in [0.1, 0.15) is 11.9 Å². The van der Waals surface area contributed by atoms with Crippen LogP contribution in [0.15, 0.2) is 78.9 Å². The Morgan fingerprint density at radius 3 is 2.32 bits per heavy atom. The standard InChI is InChI=1S/C26H25NO4/c1-29-21-13-11-19(12-14-21)24-22-9-5-6-10-23(22)26(30-24)15-17-27(18-16-26)31-25(28)20-7-3-2-4-8-20/h2-14,24H,15-18H2,1H3. The highest BCUT2D eigenvalue weighted by atomic mass is 16.7. The van der Waals surface area contributed by atoms with Crippen molar-refractivity contribution in [2.45, 2.75) is 24.5 Å². The lowest BCUT2D eigenvalue weighted by atomic mass is 9.83. The van der Waals surface area contributed by atoms with E-state index in [4.69, 9.17) is 14.3 Å². The molecule has 158 valence electrons. The quantitative estimate of drug-likeness (QED) is 0.608. The molecule has 2 heterocycles. The Hall–Kier alpha value is -3.15. The average molecular weight is 415 g/mol. The highest BCUT2D eigenvalue weighted by molar-refractivity contribution is 5.89. The molecule has 0 aromatic heterocycles. The summed E-state index contributed by atoms with van der Waals surface area (Å²) in [6.07, 6.45) is 1.41. The van der Waals surface area contributed by atoms with Crippen LogP contribution >= 0.6 is 0 Å². The van der Waals surface area contributed by atoms with Crippen molar-refractivity contribution in [1.82, 2.24) is 5.06 Å². The maximum atomic E-state index is 12.4. The molecule has 0 radical (unpaired) electrons. The molecule has 5 nitrogen and oxygen atoms in total. The minimum absolute atomic E-state index is 0.111. The average Bonchev–Trinajstić information content (AvgIpc) is 3.15. The molecule has 0 bridgehead atoms. The zero-order valence-electron chi connectivity index (χ0n) is 17.5. The Bertz CT molecular complexity index is 1060. The van der Waals surface area contributed by atoms with Gasteiger partial charge in [-0.1, -0.05) is 54.6 Å². The van der Waals surface area contributed by atoms with Crippen molar-refractivity contribution in [2.75, 3.05) is 20.2 Å². The van der Waals surface area contributed by atoms with Gasteiger partial charge in [-0.3, -0.25) is 0 Å². The number of rotatable bonds is 4. The lowest BCUT2D eigenvalue weighted by Crippen LogP contribution is -2.43. The van der Waals surface area contributed by atoms with E-state index in [0.29, 0.717) is 18.7 Å². The normalized spacial score (nSPS) is 19.7. The molecule has 0 amide bonds. The van der Waals surface area contributed by atoms with E-state index in [1.54, 1.807) is 24.3 Å². The molecule has 1 saturated heterocycles. The van der Waals surface area contributed by atoms with Crippen molar-refractivity contribution in [1.29, 1.82) is 0 Å². The van der Waals surface area contributed by atoms with E-state index in [1.807, 2.05) is 30.3 Å². The van der Waals surface area contributed by atoms with Gasteiger partial charge < -0.3 is 14.3 Å². The number of benzene rings is 3. The first-order valence-corrected chi connectivity index (χ1v) is 10.6. The largest absolute Gasteiger partial charge is 0.497 e. The smallest absolute Gasteiger partial charge is 0.357 e. The van der Waals surface area contributed by atoms with Gasteiger partial charge in [0.05, 0.1) is 18.3 Å². The third kappa shape index (κ3) is 3.71. The van der Waals surface area contributed by atoms with Gasteiger partial charge in [-0.2, -0.15) is 0 Å². The number of carbonyl (C=O) groups is 1. The number of ether oxygens (including phenoxy) is 2. The fourth-order valence-corrected chi connectivity index (χ4v) is 4.59. The van der Waals surface area contributed by atoms with Crippen molar-refractivity contribution in [3.8, 4) is 5.75 Å². The summed E-state index contributed by atoms with van der Waals surface area (Å²) in [5.41, 5.74) is 3.76. The maximum absolute atomic E-state index is 12.4. The fourth-order valence-electron chi connectivity index (χ4n) is 4.59. The molecular weight excluding hydrogens is 390 g/mol. The molecule has 31 heavy (non-hydrogen) atoms. The van der Waals surface area contributed by atoms with E-state index in [1.165, 1.54) is 11.1 Å². The van der Waals surface area contributed by atoms with Crippen LogP contribution in [0.2, 0.25) is 0 Å². The van der Waals surface area contributed by atoms with Gasteiger partial charge in [0.15, 0.2) is 0 Å². The Morgan fingerprint density at radius 1 is 0.935 bits per heavy atom. The summed E-state index contributed by atoms with van der Waals surface area (Å²) in [6, 6.07) is 25.6. The van der Waals surface area contributed by atoms with Crippen LogP contribution in [0, 0.1) is 0 Å². The number of fused-ring (bicyclic) bond motifs is 2. The van der Waals surface area contributed by atoms with Gasteiger partial charge in [0, 0.05) is 13.1 Å². The summed E-state index contributed by atoms with van der Waals surface area (Å²) in [5, 5.41) is 1.76. The van der Waals surface area contributed by atoms with Crippen molar-refractivity contribution in [3.63, 3.8) is 0 Å². The lowest BCUT2D eigenvalue weighted by molar-refractivity contribution is -0.172. The SMILES string of the molecule is COc1ccc(C2OC3(CCN(OC(=O)c4ccccc4)CC3)c3ccccc32)cc1. The Balaban J connectivity index is 1.33. The molecule has 2 aliphatic heterocycles. The zero-order chi connectivity index (χ0) is 21.3. The molecule has 3 aromatic carbocycles. The predicted molar refractivity (Wildman–Crippen MR) is 117 cm³/mol. The molecule has 0 saturated carbocycles. The zero-order valence-corrected chi connectivity index (χ0v) is 17.5. The third-order valence-corrected chi connectivity index (χ3v) is 6.25. The highest BCUT2D eigenvalue weighted by Gasteiger charge is 2.47. The molecule has 3 aromatic rings. The van der Waals surface area contributed by atoms with Crippen molar-refractivity contribution in [3.05, 3.63) is 101 Å². The fraction of sp³-hybridized carbons (Fsp3) is 0.269. The summed E-state index contributed by atoms with van der Waals surface area (Å²) >= 11 is 0. The minimum Gasteiger partial charge on any atom is -0.497 e. The van der Waals surface area contributed by atoms with Crippen LogP contribution in [-0.2, 0) is 15.2 Å². The molecular formula is C26H25NO4. The van der Waals surface area contributed by atoms with Crippen molar-refractivity contribution < 1.29 is 19.1 Å². The van der Waals surface area contributed by atoms with Gasteiger partial charge in [0.2, 0.25) is 0 Å². The molecule has 5 heteroatoms. The van der Waals surface area contributed by atoms with Crippen LogP contribution < -0.4 is 4.74 Å². The van der Waals surface area contributed by atoms with E-state index in [-0.39, 0.29) is 17.7 Å². The first kappa shape index (κ1) is 19.8. The molecule has 2 aliphatic rings. The number of hydrogen-bond donors (Lipinski definition) is 0. The molecule has 1 spiro atoms. The Kier molecular flexibility index (Phi) is 5.22. The van der Waals surface area contributed by atoms with Crippen LogP contribution in [0.4, 0.5) is 0 Å². The molecule has 1 unspecified atom stereocenters. The molecule has 1 atom stereocenters. The number of nitrogens with zero attached hydrogens (tertiary/aromatic N) is 1. The second kappa shape index (κ2) is 8.17. The van der Waals surface area contributed by atoms with Gasteiger partial charge >= 0.3 is 5.97 Å². The summed E-state index contributed by atoms with van der Waals surface area (Å²) in [5.74, 6) is 0.513. The molecule has 0 aliphatic carbocycles. The number of methoxy groups -OCH3 is 1. The summed E-state index contributed by atoms with van der Waals surface area (Å²) in [7, 11) is 1.67. The first-order chi connectivity index (χ1) is 15.2. The second-order valence-corrected chi connectivity index (χ2v) is 8.03. The topological polar surface area (TPSA) is 48.0 Å². The molecule has 5 rings (SSSR count). The van der Waals surface area contributed by atoms with E-state index < -0.39 is 0 Å². The number of hydroxylamine groups is 2. The summed E-state index contributed by atoms with van der Waals surface area (Å²) in [4.78, 5) is 18.0. The van der Waals surface area contributed by atoms with E-state index in [2.05, 4.69) is 36.4 Å². The highest BCUT2D eigenvalue weighted by Crippen LogP contribution is 2.51. The number of piperidine rings is 1. The number of carbonyl (C=O) groups excluding carboxylic acids is 1. The van der Waals surface area contributed by atoms with Gasteiger partial charge in [-0.15, -0.1) is 5.06 Å². The van der Waals surface area contributed by atoms with Crippen LogP contribution in [0.25, 0.3) is 0 Å². The van der Waals surface area contributed by atoms with Gasteiger partial charge in [0.25, 0.3) is 0 Å². The maximum Gasteiger partial charge on any atom is 0.357 e. The Labute approximate surface area is 182 Å². The first-order valence-electron chi connectivity index (χ1n) is 10.6. The van der Waals surface area contributed by atoms with Gasteiger partial charge in [-0.05, 0) is 53.8 Å². The monoisotopic (exact) mass is 415 g/mol. The molecule has 1 fully saturated rings. The van der Waals surface area contributed by atoms with Crippen molar-refractivity contribution in [2.24, 2.45) is 0 Å². The Morgan fingerprint density at radius 2 is 1.61 bits per heavy atom. The number of hydrogen-bond acceptors (Lipinski definition) is 5. The lowest BCUT2D eigenvalue weighted by Gasteiger charge is -2.38. The minimum atomic E-state index is -0.364. The second-order valence-electron chi connectivity index (χ2n) is 8.03. The van der Waals surface area contributed by atoms with E-state index >= 15 is 0 Å². The van der Waals surface area contributed by atoms with Gasteiger partial charge in [-0.25, -0.2) is 4.79 Å². The van der Waals surface area contributed by atoms with E-state index in [0.717, 1.165) is 24.2 Å². The van der Waals surface area contributed by atoms with Crippen LogP contribution in [0.1, 0.15) is 46.0 Å². The summed E-state index contributed by atoms with van der Waals surface area (Å²) < 4.78 is 12.0. The van der Waals surface area contributed by atoms with E-state index in [9.17, 15) is 4.79 Å². The summed E-state index contributed by atoms with van der Waals surface area (Å²) in [6.45, 7) is 1.25. The van der Waals surface area contributed by atoms with Crippen LogP contribution in [0.5, 0.6) is 5.75 Å². The third-order valence-electron chi connectivity index (χ3n) is 6.25. The van der Waals surface area contributed by atoms with Crippen molar-refractivity contribution >= 4 is 5.97 Å². The van der Waals surface area contributed by atoms with Crippen LogP contribution in [-0.4, -0.2) is 31.2 Å². The molecule has 0 N–H and O–H groups in total.